The lowest BCUT2D eigenvalue weighted by atomic mass is 9.95. The second-order valence-electron chi connectivity index (χ2n) is 9.33. The van der Waals surface area contributed by atoms with Gasteiger partial charge in [0.05, 0.1) is 11.9 Å². The standard InChI is InChI=1S/C26H33Cl2N3O4S/c1-18-15-21(27)13-14-24(18)31(36(3,34)35)17-25(32)30(16-20-9-7-8-12-23(20)28)19(2)26(33)29-22-10-5-4-6-11-22/h7-9,12-15,19,22H,4-6,10-11,16-17H2,1-3H3,(H,29,33)/t19-/m1/s1. The van der Waals surface area contributed by atoms with Crippen molar-refractivity contribution in [2.75, 3.05) is 17.1 Å². The van der Waals surface area contributed by atoms with Crippen LogP contribution in [0.5, 0.6) is 0 Å². The second kappa shape index (κ2) is 12.3. The molecule has 3 rings (SSSR count). The van der Waals surface area contributed by atoms with Gasteiger partial charge in [0, 0.05) is 22.6 Å². The highest BCUT2D eigenvalue weighted by atomic mass is 35.5. The highest BCUT2D eigenvalue weighted by molar-refractivity contribution is 7.92. The van der Waals surface area contributed by atoms with Crippen molar-refractivity contribution in [1.29, 1.82) is 0 Å². The Labute approximate surface area is 223 Å². The first-order valence-electron chi connectivity index (χ1n) is 12.0. The zero-order valence-corrected chi connectivity index (χ0v) is 23.2. The van der Waals surface area contributed by atoms with Crippen molar-refractivity contribution in [1.82, 2.24) is 10.2 Å². The molecule has 0 aliphatic heterocycles. The molecule has 1 aliphatic carbocycles. The van der Waals surface area contributed by atoms with Crippen LogP contribution in [0.4, 0.5) is 5.69 Å². The molecule has 0 spiro atoms. The van der Waals surface area contributed by atoms with Crippen molar-refractivity contribution in [3.63, 3.8) is 0 Å². The van der Waals surface area contributed by atoms with E-state index in [1.54, 1.807) is 56.3 Å². The fourth-order valence-electron chi connectivity index (χ4n) is 4.45. The molecule has 1 atom stereocenters. The number of halogens is 2. The quantitative estimate of drug-likeness (QED) is 0.476. The first-order valence-corrected chi connectivity index (χ1v) is 14.6. The van der Waals surface area contributed by atoms with E-state index in [1.807, 2.05) is 0 Å². The minimum atomic E-state index is -3.82. The van der Waals surface area contributed by atoms with Crippen LogP contribution in [-0.4, -0.2) is 50.0 Å². The summed E-state index contributed by atoms with van der Waals surface area (Å²) in [6, 6.07) is 11.1. The highest BCUT2D eigenvalue weighted by Gasteiger charge is 2.32. The first-order chi connectivity index (χ1) is 17.0. The number of amides is 2. The molecule has 7 nitrogen and oxygen atoms in total. The molecule has 1 aliphatic rings. The number of nitrogens with one attached hydrogen (secondary N) is 1. The summed E-state index contributed by atoms with van der Waals surface area (Å²) in [5.41, 5.74) is 1.63. The van der Waals surface area contributed by atoms with E-state index in [1.165, 1.54) is 4.90 Å². The highest BCUT2D eigenvalue weighted by Crippen LogP contribution is 2.27. The number of rotatable bonds is 9. The van der Waals surface area contributed by atoms with E-state index >= 15 is 0 Å². The van der Waals surface area contributed by atoms with Crippen molar-refractivity contribution < 1.29 is 18.0 Å². The van der Waals surface area contributed by atoms with Crippen molar-refractivity contribution >= 4 is 50.7 Å². The van der Waals surface area contributed by atoms with Gasteiger partial charge in [0.15, 0.2) is 0 Å². The molecular formula is C26H33Cl2N3O4S. The molecule has 1 fully saturated rings. The zero-order valence-electron chi connectivity index (χ0n) is 20.8. The summed E-state index contributed by atoms with van der Waals surface area (Å²) in [4.78, 5) is 28.3. The van der Waals surface area contributed by atoms with Gasteiger partial charge in [-0.1, -0.05) is 60.7 Å². The van der Waals surface area contributed by atoms with Crippen LogP contribution in [0.2, 0.25) is 10.0 Å². The third kappa shape index (κ3) is 7.37. The van der Waals surface area contributed by atoms with Gasteiger partial charge < -0.3 is 10.2 Å². The van der Waals surface area contributed by atoms with E-state index in [0.29, 0.717) is 26.9 Å². The number of hydrogen-bond acceptors (Lipinski definition) is 4. The fourth-order valence-corrected chi connectivity index (χ4v) is 5.78. The second-order valence-corrected chi connectivity index (χ2v) is 12.1. The van der Waals surface area contributed by atoms with Crippen LogP contribution in [0.15, 0.2) is 42.5 Å². The van der Waals surface area contributed by atoms with E-state index < -0.39 is 28.5 Å². The molecule has 2 amide bonds. The number of hydrogen-bond donors (Lipinski definition) is 1. The van der Waals surface area contributed by atoms with Gasteiger partial charge in [-0.05, 0) is 62.1 Å². The Morgan fingerprint density at radius 2 is 1.75 bits per heavy atom. The van der Waals surface area contributed by atoms with Crippen LogP contribution < -0.4 is 9.62 Å². The molecule has 0 radical (unpaired) electrons. The number of benzene rings is 2. The van der Waals surface area contributed by atoms with Crippen molar-refractivity contribution in [3.05, 3.63) is 63.6 Å². The first kappa shape index (κ1) is 28.3. The van der Waals surface area contributed by atoms with Gasteiger partial charge in [0.25, 0.3) is 0 Å². The van der Waals surface area contributed by atoms with Crippen LogP contribution >= 0.6 is 23.2 Å². The Balaban J connectivity index is 1.90. The number of sulfonamides is 1. The smallest absolute Gasteiger partial charge is 0.244 e. The molecule has 2 aromatic rings. The molecule has 0 heterocycles. The average Bonchev–Trinajstić information content (AvgIpc) is 2.82. The lowest BCUT2D eigenvalue weighted by Crippen LogP contribution is -2.53. The van der Waals surface area contributed by atoms with Crippen molar-refractivity contribution in [3.8, 4) is 0 Å². The maximum atomic E-state index is 13.7. The van der Waals surface area contributed by atoms with Crippen LogP contribution in [0.1, 0.15) is 50.2 Å². The summed E-state index contributed by atoms with van der Waals surface area (Å²) in [5, 5.41) is 4.00. The molecule has 2 aromatic carbocycles. The van der Waals surface area contributed by atoms with E-state index in [-0.39, 0.29) is 18.5 Å². The van der Waals surface area contributed by atoms with Crippen LogP contribution in [0, 0.1) is 6.92 Å². The van der Waals surface area contributed by atoms with Crippen molar-refractivity contribution in [2.24, 2.45) is 0 Å². The molecular weight excluding hydrogens is 521 g/mol. The molecule has 196 valence electrons. The third-order valence-corrected chi connectivity index (χ3v) is 8.25. The average molecular weight is 555 g/mol. The van der Waals surface area contributed by atoms with Crippen molar-refractivity contribution in [2.45, 2.75) is 64.6 Å². The van der Waals surface area contributed by atoms with E-state index in [2.05, 4.69) is 5.32 Å². The summed E-state index contributed by atoms with van der Waals surface area (Å²) in [5.74, 6) is -0.781. The Bertz CT molecular complexity index is 1200. The van der Waals surface area contributed by atoms with Gasteiger partial charge in [-0.2, -0.15) is 0 Å². The zero-order chi connectivity index (χ0) is 26.5. The maximum Gasteiger partial charge on any atom is 0.244 e. The molecule has 0 saturated heterocycles. The molecule has 0 aromatic heterocycles. The monoisotopic (exact) mass is 553 g/mol. The van der Waals surface area contributed by atoms with Crippen LogP contribution in [-0.2, 0) is 26.2 Å². The van der Waals surface area contributed by atoms with Gasteiger partial charge in [-0.25, -0.2) is 8.42 Å². The number of carbonyl (C=O) groups excluding carboxylic acids is 2. The molecule has 1 saturated carbocycles. The summed E-state index contributed by atoms with van der Waals surface area (Å²) in [7, 11) is -3.82. The minimum Gasteiger partial charge on any atom is -0.352 e. The Kier molecular flexibility index (Phi) is 9.66. The van der Waals surface area contributed by atoms with E-state index in [4.69, 9.17) is 23.2 Å². The molecule has 0 bridgehead atoms. The molecule has 0 unspecified atom stereocenters. The predicted octanol–water partition coefficient (Wildman–Crippen LogP) is 4.93. The van der Waals surface area contributed by atoms with Crippen LogP contribution in [0.3, 0.4) is 0 Å². The molecule has 36 heavy (non-hydrogen) atoms. The number of anilines is 1. The topological polar surface area (TPSA) is 86.8 Å². The number of carbonyl (C=O) groups is 2. The van der Waals surface area contributed by atoms with E-state index in [9.17, 15) is 18.0 Å². The Hall–Kier alpha value is -2.29. The number of aryl methyl sites for hydroxylation is 1. The lowest BCUT2D eigenvalue weighted by Gasteiger charge is -2.33. The fraction of sp³-hybridized carbons (Fsp3) is 0.462. The van der Waals surface area contributed by atoms with Gasteiger partial charge in [-0.15, -0.1) is 0 Å². The molecule has 10 heteroatoms. The Morgan fingerprint density at radius 1 is 1.08 bits per heavy atom. The summed E-state index contributed by atoms with van der Waals surface area (Å²) in [6.45, 7) is 2.98. The summed E-state index contributed by atoms with van der Waals surface area (Å²) < 4.78 is 26.5. The van der Waals surface area contributed by atoms with E-state index in [0.717, 1.165) is 42.7 Å². The van der Waals surface area contributed by atoms with Gasteiger partial charge >= 0.3 is 0 Å². The van der Waals surface area contributed by atoms with Gasteiger partial charge in [-0.3, -0.25) is 13.9 Å². The summed E-state index contributed by atoms with van der Waals surface area (Å²) >= 11 is 12.4. The normalized spacial score (nSPS) is 15.2. The van der Waals surface area contributed by atoms with Gasteiger partial charge in [0.1, 0.15) is 12.6 Å². The SMILES string of the molecule is Cc1cc(Cl)ccc1N(CC(=O)N(Cc1ccccc1Cl)[C@H](C)C(=O)NC1CCCCC1)S(C)(=O)=O. The molecule has 1 N–H and O–H groups in total. The van der Waals surface area contributed by atoms with Gasteiger partial charge in [0.2, 0.25) is 21.8 Å². The number of nitrogens with zero attached hydrogens (tertiary/aromatic N) is 2. The largest absolute Gasteiger partial charge is 0.352 e. The lowest BCUT2D eigenvalue weighted by molar-refractivity contribution is -0.139. The van der Waals surface area contributed by atoms with Crippen LogP contribution in [0.25, 0.3) is 0 Å². The predicted molar refractivity (Wildman–Crippen MR) is 145 cm³/mol. The summed E-state index contributed by atoms with van der Waals surface area (Å²) in [6.07, 6.45) is 6.15. The third-order valence-electron chi connectivity index (χ3n) is 6.52. The Morgan fingerprint density at radius 3 is 2.36 bits per heavy atom. The maximum absolute atomic E-state index is 13.7. The minimum absolute atomic E-state index is 0.0644.